The molecule has 2 amide bonds. The van der Waals surface area contributed by atoms with E-state index >= 15 is 0 Å². The molecule has 0 radical (unpaired) electrons. The van der Waals surface area contributed by atoms with E-state index in [1.165, 1.54) is 0 Å². The lowest BCUT2D eigenvalue weighted by atomic mass is 9.66. The Balaban J connectivity index is 1.59. The monoisotopic (exact) mass is 535 g/mol. The summed E-state index contributed by atoms with van der Waals surface area (Å²) in [6, 6.07) is -0.731. The van der Waals surface area contributed by atoms with Crippen molar-refractivity contribution in [3.63, 3.8) is 0 Å². The average Bonchev–Trinajstić information content (AvgIpc) is 3.48. The van der Waals surface area contributed by atoms with E-state index in [0.717, 1.165) is 25.9 Å². The Hall–Kier alpha value is -1.88. The van der Waals surface area contributed by atoms with E-state index in [1.54, 1.807) is 33.7 Å². The minimum Gasteiger partial charge on any atom is -0.465 e. The van der Waals surface area contributed by atoms with Crippen LogP contribution >= 0.6 is 11.8 Å². The molecule has 10 heteroatoms. The number of unbranched alkanes of at least 4 members (excludes halogenated alkanes) is 1. The molecule has 2 bridgehead atoms. The maximum atomic E-state index is 14.3. The Morgan fingerprint density at radius 2 is 2.03 bits per heavy atom. The molecular formula is C27H41N3O6S. The molecule has 6 atom stereocenters. The van der Waals surface area contributed by atoms with Crippen LogP contribution in [0.1, 0.15) is 26.2 Å². The molecule has 0 aliphatic carbocycles. The van der Waals surface area contributed by atoms with Crippen molar-refractivity contribution >= 4 is 29.5 Å². The number of ether oxygens (including phenoxy) is 2. The number of hydrogen-bond acceptors (Lipinski definition) is 8. The van der Waals surface area contributed by atoms with Gasteiger partial charge in [0.25, 0.3) is 0 Å². The van der Waals surface area contributed by atoms with Crippen LogP contribution in [-0.2, 0) is 23.9 Å². The number of rotatable bonds is 13. The zero-order valence-electron chi connectivity index (χ0n) is 21.9. The van der Waals surface area contributed by atoms with Crippen molar-refractivity contribution < 1.29 is 29.0 Å². The number of likely N-dealkylation sites (tertiary alicyclic amines) is 1. The SMILES string of the molecule is C=CCCCOC(=O)[C@@H]1[C@H]2C(=O)N(CCO)C(C(=O)N(CC=C)CCN3CCOCC3)C23S[C@@H]1CC3C. The van der Waals surface area contributed by atoms with Crippen LogP contribution in [0.3, 0.4) is 0 Å². The van der Waals surface area contributed by atoms with Gasteiger partial charge in [-0.1, -0.05) is 19.1 Å². The molecule has 4 rings (SSSR count). The third-order valence-electron chi connectivity index (χ3n) is 8.34. The minimum absolute atomic E-state index is 0.0522. The molecule has 9 nitrogen and oxygen atoms in total. The van der Waals surface area contributed by atoms with E-state index in [1.807, 2.05) is 0 Å². The second-order valence-corrected chi connectivity index (χ2v) is 12.0. The van der Waals surface area contributed by atoms with Gasteiger partial charge in [-0.15, -0.1) is 24.9 Å². The van der Waals surface area contributed by atoms with Crippen LogP contribution in [0.25, 0.3) is 0 Å². The minimum atomic E-state index is -0.731. The van der Waals surface area contributed by atoms with Gasteiger partial charge in [-0.3, -0.25) is 19.3 Å². The lowest BCUT2D eigenvalue weighted by molar-refractivity contribution is -0.154. The summed E-state index contributed by atoms with van der Waals surface area (Å²) in [4.78, 5) is 47.0. The van der Waals surface area contributed by atoms with Crippen LogP contribution in [-0.4, -0.2) is 119 Å². The summed E-state index contributed by atoms with van der Waals surface area (Å²) in [7, 11) is 0. The molecule has 4 fully saturated rings. The van der Waals surface area contributed by atoms with Gasteiger partial charge in [0.05, 0.1) is 43.0 Å². The number of carbonyl (C=O) groups excluding carboxylic acids is 3. The first-order valence-corrected chi connectivity index (χ1v) is 14.3. The quantitative estimate of drug-likeness (QED) is 0.213. The summed E-state index contributed by atoms with van der Waals surface area (Å²) in [6.07, 6.45) is 5.70. The summed E-state index contributed by atoms with van der Waals surface area (Å²) in [5.41, 5.74) is 0. The third-order valence-corrected chi connectivity index (χ3v) is 10.4. The van der Waals surface area contributed by atoms with Crippen molar-refractivity contribution in [2.24, 2.45) is 17.8 Å². The molecule has 37 heavy (non-hydrogen) atoms. The van der Waals surface area contributed by atoms with E-state index in [9.17, 15) is 19.5 Å². The molecule has 206 valence electrons. The Morgan fingerprint density at radius 3 is 2.70 bits per heavy atom. The van der Waals surface area contributed by atoms with Crippen LogP contribution in [0.5, 0.6) is 0 Å². The molecule has 3 unspecified atom stereocenters. The molecule has 4 aliphatic heterocycles. The highest BCUT2D eigenvalue weighted by molar-refractivity contribution is 8.02. The highest BCUT2D eigenvalue weighted by atomic mass is 32.2. The predicted molar refractivity (Wildman–Crippen MR) is 142 cm³/mol. The zero-order valence-corrected chi connectivity index (χ0v) is 22.7. The first-order chi connectivity index (χ1) is 17.9. The van der Waals surface area contributed by atoms with Crippen molar-refractivity contribution in [1.29, 1.82) is 0 Å². The number of fused-ring (bicyclic) bond motifs is 1. The van der Waals surface area contributed by atoms with Crippen molar-refractivity contribution in [2.45, 2.75) is 42.2 Å². The molecule has 4 heterocycles. The summed E-state index contributed by atoms with van der Waals surface area (Å²) >= 11 is 1.63. The molecular weight excluding hydrogens is 494 g/mol. The van der Waals surface area contributed by atoms with Gasteiger partial charge >= 0.3 is 5.97 Å². The summed E-state index contributed by atoms with van der Waals surface area (Å²) in [5, 5.41) is 9.79. The van der Waals surface area contributed by atoms with Gasteiger partial charge in [-0.05, 0) is 25.2 Å². The van der Waals surface area contributed by atoms with Crippen molar-refractivity contribution in [1.82, 2.24) is 14.7 Å². The average molecular weight is 536 g/mol. The van der Waals surface area contributed by atoms with Gasteiger partial charge in [0.15, 0.2) is 0 Å². The Morgan fingerprint density at radius 1 is 1.27 bits per heavy atom. The molecule has 0 aromatic heterocycles. The van der Waals surface area contributed by atoms with Gasteiger partial charge in [-0.25, -0.2) is 0 Å². The fourth-order valence-electron chi connectivity index (χ4n) is 6.62. The van der Waals surface area contributed by atoms with Crippen LogP contribution < -0.4 is 0 Å². The maximum Gasteiger partial charge on any atom is 0.310 e. The number of esters is 1. The molecule has 4 saturated heterocycles. The number of morpholine rings is 1. The Bertz CT molecular complexity index is 880. The van der Waals surface area contributed by atoms with Gasteiger partial charge in [0.1, 0.15) is 6.04 Å². The van der Waals surface area contributed by atoms with Crippen molar-refractivity contribution in [2.75, 3.05) is 65.7 Å². The Kier molecular flexibility index (Phi) is 9.37. The van der Waals surface area contributed by atoms with Gasteiger partial charge in [-0.2, -0.15) is 0 Å². The number of β-amino-alcohol motifs (C(OH)–C–C–N with tert-alkyl or cyclic N) is 1. The number of thioether (sulfide) groups is 1. The van der Waals surface area contributed by atoms with Gasteiger partial charge in [0.2, 0.25) is 11.8 Å². The van der Waals surface area contributed by atoms with E-state index in [2.05, 4.69) is 25.0 Å². The molecule has 0 saturated carbocycles. The summed E-state index contributed by atoms with van der Waals surface area (Å²) in [5.74, 6) is -1.81. The summed E-state index contributed by atoms with van der Waals surface area (Å²) in [6.45, 7) is 14.4. The van der Waals surface area contributed by atoms with Crippen molar-refractivity contribution in [3.8, 4) is 0 Å². The number of nitrogens with zero attached hydrogens (tertiary/aromatic N) is 3. The van der Waals surface area contributed by atoms with Crippen LogP contribution in [0.4, 0.5) is 0 Å². The van der Waals surface area contributed by atoms with E-state index in [-0.39, 0.29) is 42.1 Å². The van der Waals surface area contributed by atoms with Crippen LogP contribution in [0.15, 0.2) is 25.3 Å². The van der Waals surface area contributed by atoms with E-state index in [4.69, 9.17) is 9.47 Å². The molecule has 4 aliphatic rings. The number of amides is 2. The number of carbonyl (C=O) groups is 3. The lowest BCUT2D eigenvalue weighted by Crippen LogP contribution is -2.58. The maximum absolute atomic E-state index is 14.3. The van der Waals surface area contributed by atoms with Crippen LogP contribution in [0, 0.1) is 17.8 Å². The first-order valence-electron chi connectivity index (χ1n) is 13.5. The molecule has 1 spiro atoms. The third kappa shape index (κ3) is 5.22. The molecule has 0 aromatic rings. The lowest BCUT2D eigenvalue weighted by Gasteiger charge is -2.40. The molecule has 1 N–H and O–H groups in total. The second kappa shape index (κ2) is 12.3. The number of allylic oxidation sites excluding steroid dienone is 1. The molecule has 0 aromatic carbocycles. The number of aliphatic hydroxyl groups is 1. The predicted octanol–water partition coefficient (Wildman–Crippen LogP) is 1.17. The topological polar surface area (TPSA) is 99.6 Å². The van der Waals surface area contributed by atoms with E-state index < -0.39 is 22.6 Å². The summed E-state index contributed by atoms with van der Waals surface area (Å²) < 4.78 is 10.3. The number of hydrogen-bond donors (Lipinski definition) is 1. The van der Waals surface area contributed by atoms with Gasteiger partial charge < -0.3 is 24.4 Å². The Labute approximate surface area is 224 Å². The fraction of sp³-hybridized carbons (Fsp3) is 0.741. The van der Waals surface area contributed by atoms with Gasteiger partial charge in [0, 0.05) is 44.5 Å². The normalized spacial score (nSPS) is 32.9. The van der Waals surface area contributed by atoms with Crippen molar-refractivity contribution in [3.05, 3.63) is 25.3 Å². The number of aliphatic hydroxyl groups excluding tert-OH is 1. The highest BCUT2D eigenvalue weighted by Gasteiger charge is 2.76. The largest absolute Gasteiger partial charge is 0.465 e. The zero-order chi connectivity index (χ0) is 26.6. The highest BCUT2D eigenvalue weighted by Crippen LogP contribution is 2.68. The van der Waals surface area contributed by atoms with Crippen LogP contribution in [0.2, 0.25) is 0 Å². The first kappa shape index (κ1) is 28.1. The second-order valence-electron chi connectivity index (χ2n) is 10.4. The fourth-order valence-corrected chi connectivity index (χ4v) is 9.02. The van der Waals surface area contributed by atoms with E-state index in [0.29, 0.717) is 45.9 Å². The smallest absolute Gasteiger partial charge is 0.310 e. The standard InChI is InChI=1S/C27H41N3O6S/c1-4-6-7-15-36-26(34)21-20-18-19(3)27(37-20)22(21)24(32)30(11-14-31)23(27)25(33)29(8-5-2)10-9-28-12-16-35-17-13-28/h4-5,19-23,31H,1-2,6-18H2,3H3/t19?,20-,21+,22+,23?,27?/m1/s1.